The summed E-state index contributed by atoms with van der Waals surface area (Å²) in [6, 6.07) is 16.7. The maximum Gasteiger partial charge on any atom is 0.251 e. The molecule has 11 heteroatoms. The molecule has 1 atom stereocenters. The van der Waals surface area contributed by atoms with Crippen LogP contribution in [-0.2, 0) is 16.1 Å². The fraction of sp³-hybridized carbons (Fsp3) is 0.269. The van der Waals surface area contributed by atoms with Gasteiger partial charge in [0.2, 0.25) is 11.7 Å². The molecule has 2 aromatic carbocycles. The fourth-order valence-electron chi connectivity index (χ4n) is 4.46. The predicted molar refractivity (Wildman–Crippen MR) is 145 cm³/mol. The van der Waals surface area contributed by atoms with Gasteiger partial charge in [-0.15, -0.1) is 21.5 Å². The summed E-state index contributed by atoms with van der Waals surface area (Å²) in [5, 5.41) is 18.7. The standard InChI is InChI=1S/C26H24Cl2N6O2S/c27-18-9-7-17(8-10-18)24(26(36)29-20-4-1-2-5-20)34(21-13-11-19(28)12-14-21)23(35)16-33-31-25(30-32-33)22-6-3-15-37-22/h3,6-15,20,24H,1-2,4-5,16H2,(H,29,36). The number of benzene rings is 2. The minimum atomic E-state index is -0.938. The Morgan fingerprint density at radius 3 is 2.35 bits per heavy atom. The number of nitrogens with one attached hydrogen (secondary N) is 1. The van der Waals surface area contributed by atoms with Gasteiger partial charge in [0.05, 0.1) is 4.88 Å². The molecule has 0 spiro atoms. The molecule has 8 nitrogen and oxygen atoms in total. The number of rotatable bonds is 8. The van der Waals surface area contributed by atoms with E-state index in [9.17, 15) is 9.59 Å². The molecule has 1 aliphatic rings. The van der Waals surface area contributed by atoms with E-state index in [4.69, 9.17) is 23.2 Å². The minimum Gasteiger partial charge on any atom is -0.351 e. The number of halogens is 2. The summed E-state index contributed by atoms with van der Waals surface area (Å²) in [5.74, 6) is -0.198. The lowest BCUT2D eigenvalue weighted by atomic mass is 10.0. The summed E-state index contributed by atoms with van der Waals surface area (Å²) in [7, 11) is 0. The Balaban J connectivity index is 1.51. The van der Waals surface area contributed by atoms with Crippen LogP contribution >= 0.6 is 34.5 Å². The molecule has 190 valence electrons. The van der Waals surface area contributed by atoms with Crippen molar-refractivity contribution in [2.24, 2.45) is 0 Å². The summed E-state index contributed by atoms with van der Waals surface area (Å²) in [5.41, 5.74) is 1.16. The van der Waals surface area contributed by atoms with E-state index in [0.29, 0.717) is 27.1 Å². The van der Waals surface area contributed by atoms with Crippen LogP contribution in [0.1, 0.15) is 37.3 Å². The number of aromatic nitrogens is 4. The minimum absolute atomic E-state index is 0.0785. The number of carbonyl (C=O) groups is 2. The highest BCUT2D eigenvalue weighted by Gasteiger charge is 2.34. The topological polar surface area (TPSA) is 93.0 Å². The van der Waals surface area contributed by atoms with Crippen molar-refractivity contribution in [2.45, 2.75) is 44.3 Å². The van der Waals surface area contributed by atoms with Gasteiger partial charge in [0.25, 0.3) is 5.91 Å². The Morgan fingerprint density at radius 1 is 1.03 bits per heavy atom. The number of tetrazole rings is 1. The first-order valence-corrected chi connectivity index (χ1v) is 13.6. The van der Waals surface area contributed by atoms with Gasteiger partial charge in [0, 0.05) is 21.8 Å². The molecular formula is C26H24Cl2N6O2S. The largest absolute Gasteiger partial charge is 0.351 e. The van der Waals surface area contributed by atoms with Crippen molar-refractivity contribution in [2.75, 3.05) is 4.90 Å². The van der Waals surface area contributed by atoms with Crippen LogP contribution in [0.5, 0.6) is 0 Å². The van der Waals surface area contributed by atoms with E-state index in [1.54, 1.807) is 48.5 Å². The molecule has 1 unspecified atom stereocenters. The Bertz CT molecular complexity index is 1350. The van der Waals surface area contributed by atoms with Crippen molar-refractivity contribution >= 4 is 52.0 Å². The zero-order valence-electron chi connectivity index (χ0n) is 19.8. The van der Waals surface area contributed by atoms with Crippen LogP contribution in [0.15, 0.2) is 66.0 Å². The molecular weight excluding hydrogens is 531 g/mol. The molecule has 1 N–H and O–H groups in total. The van der Waals surface area contributed by atoms with E-state index in [1.165, 1.54) is 21.0 Å². The molecule has 0 radical (unpaired) electrons. The second-order valence-corrected chi connectivity index (χ2v) is 10.6. The first-order valence-electron chi connectivity index (χ1n) is 11.9. The van der Waals surface area contributed by atoms with E-state index in [0.717, 1.165) is 30.6 Å². The Labute approximate surface area is 228 Å². The molecule has 2 aromatic heterocycles. The molecule has 2 heterocycles. The van der Waals surface area contributed by atoms with Gasteiger partial charge >= 0.3 is 0 Å². The molecule has 4 aromatic rings. The number of amides is 2. The highest BCUT2D eigenvalue weighted by Crippen LogP contribution is 2.31. The highest BCUT2D eigenvalue weighted by molar-refractivity contribution is 7.13. The molecule has 2 amide bonds. The number of carbonyl (C=O) groups excluding carboxylic acids is 2. The zero-order valence-corrected chi connectivity index (χ0v) is 22.1. The van der Waals surface area contributed by atoms with Crippen molar-refractivity contribution in [3.05, 3.63) is 81.7 Å². The smallest absolute Gasteiger partial charge is 0.251 e. The van der Waals surface area contributed by atoms with Gasteiger partial charge in [0.15, 0.2) is 0 Å². The van der Waals surface area contributed by atoms with Gasteiger partial charge in [-0.1, -0.05) is 54.2 Å². The first-order chi connectivity index (χ1) is 18.0. The molecule has 0 saturated heterocycles. The van der Waals surface area contributed by atoms with Crippen molar-refractivity contribution < 1.29 is 9.59 Å². The number of hydrogen-bond acceptors (Lipinski definition) is 6. The lowest BCUT2D eigenvalue weighted by Gasteiger charge is -2.32. The Kier molecular flexibility index (Phi) is 7.83. The average Bonchev–Trinajstić information content (AvgIpc) is 3.67. The SMILES string of the molecule is O=C(NC1CCCC1)C(c1ccc(Cl)cc1)N(C(=O)Cn1nnc(-c2cccs2)n1)c1ccc(Cl)cc1. The molecule has 1 aliphatic carbocycles. The normalized spacial score (nSPS) is 14.4. The Morgan fingerprint density at radius 2 is 1.70 bits per heavy atom. The summed E-state index contributed by atoms with van der Waals surface area (Å²) in [4.78, 5) is 31.2. The van der Waals surface area contributed by atoms with Crippen LogP contribution in [0.4, 0.5) is 5.69 Å². The van der Waals surface area contributed by atoms with Crippen LogP contribution in [0.25, 0.3) is 10.7 Å². The number of nitrogens with zero attached hydrogens (tertiary/aromatic N) is 5. The van der Waals surface area contributed by atoms with E-state index in [1.807, 2.05) is 17.5 Å². The summed E-state index contributed by atoms with van der Waals surface area (Å²) in [6.07, 6.45) is 3.98. The van der Waals surface area contributed by atoms with Gasteiger partial charge in [-0.3, -0.25) is 14.5 Å². The second kappa shape index (κ2) is 11.4. The van der Waals surface area contributed by atoms with Crippen molar-refractivity contribution in [1.82, 2.24) is 25.5 Å². The predicted octanol–water partition coefficient (Wildman–Crippen LogP) is 5.54. The van der Waals surface area contributed by atoms with Crippen LogP contribution in [0, 0.1) is 0 Å². The third kappa shape index (κ3) is 6.01. The third-order valence-electron chi connectivity index (χ3n) is 6.24. The molecule has 0 aliphatic heterocycles. The van der Waals surface area contributed by atoms with Crippen LogP contribution in [0.3, 0.4) is 0 Å². The lowest BCUT2D eigenvalue weighted by molar-refractivity contribution is -0.127. The molecule has 1 fully saturated rings. The lowest BCUT2D eigenvalue weighted by Crippen LogP contribution is -2.47. The van der Waals surface area contributed by atoms with Crippen molar-refractivity contribution in [3.63, 3.8) is 0 Å². The number of anilines is 1. The van der Waals surface area contributed by atoms with Gasteiger partial charge in [-0.05, 0) is 71.5 Å². The van der Waals surface area contributed by atoms with Gasteiger partial charge in [0.1, 0.15) is 12.6 Å². The quantitative estimate of drug-likeness (QED) is 0.308. The third-order valence-corrected chi connectivity index (χ3v) is 7.61. The zero-order chi connectivity index (χ0) is 25.8. The van der Waals surface area contributed by atoms with E-state index < -0.39 is 6.04 Å². The number of thiophene rings is 1. The van der Waals surface area contributed by atoms with Crippen LogP contribution in [-0.4, -0.2) is 38.1 Å². The Hall–Kier alpha value is -3.27. The van der Waals surface area contributed by atoms with Gasteiger partial charge < -0.3 is 5.32 Å². The fourth-order valence-corrected chi connectivity index (χ4v) is 5.36. The summed E-state index contributed by atoms with van der Waals surface area (Å²) in [6.45, 7) is -0.207. The van der Waals surface area contributed by atoms with E-state index in [2.05, 4.69) is 20.7 Å². The van der Waals surface area contributed by atoms with Crippen molar-refractivity contribution in [3.8, 4) is 10.7 Å². The van der Waals surface area contributed by atoms with Gasteiger partial charge in [-0.25, -0.2) is 0 Å². The summed E-state index contributed by atoms with van der Waals surface area (Å²) < 4.78 is 0. The maximum absolute atomic E-state index is 13.9. The monoisotopic (exact) mass is 554 g/mol. The van der Waals surface area contributed by atoms with Gasteiger partial charge in [-0.2, -0.15) is 4.80 Å². The van der Waals surface area contributed by atoms with Crippen molar-refractivity contribution in [1.29, 1.82) is 0 Å². The van der Waals surface area contributed by atoms with E-state index >= 15 is 0 Å². The second-order valence-electron chi connectivity index (χ2n) is 8.80. The van der Waals surface area contributed by atoms with E-state index in [-0.39, 0.29) is 24.4 Å². The first kappa shape index (κ1) is 25.4. The summed E-state index contributed by atoms with van der Waals surface area (Å²) >= 11 is 13.8. The molecule has 5 rings (SSSR count). The highest BCUT2D eigenvalue weighted by atomic mass is 35.5. The average molecular weight is 555 g/mol. The molecule has 0 bridgehead atoms. The number of hydrogen-bond donors (Lipinski definition) is 1. The van der Waals surface area contributed by atoms with Crippen LogP contribution < -0.4 is 10.2 Å². The maximum atomic E-state index is 13.9. The van der Waals surface area contributed by atoms with Crippen LogP contribution in [0.2, 0.25) is 10.0 Å². The molecule has 37 heavy (non-hydrogen) atoms. The molecule has 1 saturated carbocycles.